The lowest BCUT2D eigenvalue weighted by Gasteiger charge is -2.57. The van der Waals surface area contributed by atoms with Crippen LogP contribution in [0.25, 0.3) is 0 Å². The first kappa shape index (κ1) is 18.6. The Morgan fingerprint density at radius 1 is 0.926 bits per heavy atom. The molecule has 0 aliphatic heterocycles. The van der Waals surface area contributed by atoms with Gasteiger partial charge in [-0.1, -0.05) is 20.3 Å². The van der Waals surface area contributed by atoms with Crippen LogP contribution in [0, 0.1) is 58.7 Å². The number of nitrogens with one attached hydrogen (secondary N) is 1. The second kappa shape index (κ2) is 6.83. The highest BCUT2D eigenvalue weighted by molar-refractivity contribution is 5.84. The van der Waals surface area contributed by atoms with E-state index in [1.165, 1.54) is 64.2 Å². The van der Waals surface area contributed by atoms with Gasteiger partial charge in [0.25, 0.3) is 0 Å². The Labute approximate surface area is 165 Å². The second-order valence-electron chi connectivity index (χ2n) is 11.5. The van der Waals surface area contributed by atoms with Gasteiger partial charge in [0.05, 0.1) is 6.54 Å². The highest BCUT2D eigenvalue weighted by Crippen LogP contribution is 2.69. The monoisotopic (exact) mass is 372 g/mol. The second-order valence-corrected chi connectivity index (χ2v) is 11.5. The Balaban J connectivity index is 1.43. The molecule has 5 aliphatic carbocycles. The average molecular weight is 373 g/mol. The number of hydrazine groups is 1. The molecule has 5 saturated carbocycles. The predicted octanol–water partition coefficient (Wildman–Crippen LogP) is 4.56. The molecule has 3 N–H and O–H groups in total. The Morgan fingerprint density at radius 3 is 2.41 bits per heavy atom. The maximum atomic E-state index is 13.0. The molecule has 0 saturated heterocycles. The van der Waals surface area contributed by atoms with Gasteiger partial charge < -0.3 is 0 Å². The summed E-state index contributed by atoms with van der Waals surface area (Å²) in [6, 6.07) is 0. The van der Waals surface area contributed by atoms with Gasteiger partial charge in [-0.2, -0.15) is 0 Å². The smallest absolute Gasteiger partial charge is 0.151 e. The molecule has 0 aromatic rings. The maximum absolute atomic E-state index is 13.0. The normalized spacial score (nSPS) is 52.0. The number of carbonyl (C=O) groups excluding carboxylic acids is 1. The van der Waals surface area contributed by atoms with Crippen molar-refractivity contribution in [2.45, 2.75) is 78.1 Å². The number of nitrogens with two attached hydrogens (primary N) is 1. The third-order valence-corrected chi connectivity index (χ3v) is 10.2. The van der Waals surface area contributed by atoms with E-state index in [4.69, 9.17) is 5.84 Å². The van der Waals surface area contributed by atoms with Crippen LogP contribution in [0.3, 0.4) is 0 Å². The van der Waals surface area contributed by atoms with Gasteiger partial charge in [-0.25, -0.2) is 0 Å². The lowest BCUT2D eigenvalue weighted by molar-refractivity contribution is -0.130. The van der Waals surface area contributed by atoms with Crippen LogP contribution in [0.2, 0.25) is 0 Å². The van der Waals surface area contributed by atoms with Crippen LogP contribution >= 0.6 is 0 Å². The molecular weight excluding hydrogens is 332 g/mol. The van der Waals surface area contributed by atoms with Crippen LogP contribution in [0.5, 0.6) is 0 Å². The number of rotatable bonds is 4. The third kappa shape index (κ3) is 2.94. The van der Waals surface area contributed by atoms with Crippen molar-refractivity contribution in [2.75, 3.05) is 6.54 Å². The topological polar surface area (TPSA) is 55.1 Å². The molecule has 0 radical (unpaired) electrons. The van der Waals surface area contributed by atoms with Crippen molar-refractivity contribution in [3.8, 4) is 0 Å². The van der Waals surface area contributed by atoms with E-state index in [2.05, 4.69) is 19.3 Å². The number of Topliss-reactive ketones (excluding diaryl/α,β-unsaturated/α-hetero) is 1. The minimum Gasteiger partial charge on any atom is -0.298 e. The highest BCUT2D eigenvalue weighted by Gasteiger charge is 2.63. The fourth-order valence-corrected chi connectivity index (χ4v) is 9.00. The van der Waals surface area contributed by atoms with Crippen LogP contribution in [0.4, 0.5) is 0 Å². The van der Waals surface area contributed by atoms with Crippen molar-refractivity contribution in [3.05, 3.63) is 0 Å². The molecule has 5 aliphatic rings. The van der Waals surface area contributed by atoms with E-state index in [1.807, 2.05) is 0 Å². The number of hydrogen-bond donors (Lipinski definition) is 2. The standard InChI is InChI=1S/C24H40N2O/c1-14-3-7-17-16(11-14)6-8-19-18(17)9-10-24(2)21(22(27)13-26-25)12-20(23(19)24)15-4-5-15/h14-21,23,26H,3-13,25H2,1-2H3. The number of ketones is 1. The summed E-state index contributed by atoms with van der Waals surface area (Å²) in [6.45, 7) is 5.34. The van der Waals surface area contributed by atoms with Crippen LogP contribution in [-0.4, -0.2) is 12.3 Å². The minimum absolute atomic E-state index is 0.247. The van der Waals surface area contributed by atoms with Crippen molar-refractivity contribution in [1.29, 1.82) is 0 Å². The van der Waals surface area contributed by atoms with Crippen LogP contribution < -0.4 is 11.3 Å². The zero-order valence-corrected chi connectivity index (χ0v) is 17.5. The lowest BCUT2D eigenvalue weighted by Crippen LogP contribution is -2.51. The zero-order chi connectivity index (χ0) is 18.8. The van der Waals surface area contributed by atoms with Gasteiger partial charge in [0.15, 0.2) is 5.78 Å². The Kier molecular flexibility index (Phi) is 4.71. The van der Waals surface area contributed by atoms with E-state index >= 15 is 0 Å². The Morgan fingerprint density at radius 2 is 1.67 bits per heavy atom. The van der Waals surface area contributed by atoms with Crippen molar-refractivity contribution in [2.24, 2.45) is 64.5 Å². The van der Waals surface area contributed by atoms with Crippen LogP contribution in [0.1, 0.15) is 78.1 Å². The van der Waals surface area contributed by atoms with Gasteiger partial charge >= 0.3 is 0 Å². The summed E-state index contributed by atoms with van der Waals surface area (Å²) in [4.78, 5) is 13.0. The van der Waals surface area contributed by atoms with Gasteiger partial charge in [0, 0.05) is 5.92 Å². The SMILES string of the molecule is CC1CCC2C(CCC3C2CCC2(C)C(C(=O)CNN)CC(C4CC4)C32)C1. The van der Waals surface area contributed by atoms with Gasteiger partial charge in [-0.3, -0.25) is 16.1 Å². The molecule has 0 aromatic heterocycles. The lowest BCUT2D eigenvalue weighted by atomic mass is 9.48. The van der Waals surface area contributed by atoms with E-state index < -0.39 is 0 Å². The molecule has 9 atom stereocenters. The molecule has 5 rings (SSSR count). The van der Waals surface area contributed by atoms with Crippen molar-refractivity contribution < 1.29 is 4.79 Å². The molecule has 0 spiro atoms. The summed E-state index contributed by atoms with van der Waals surface area (Å²) < 4.78 is 0. The average Bonchev–Trinajstić information content (AvgIpc) is 3.43. The molecule has 5 fully saturated rings. The molecule has 152 valence electrons. The summed E-state index contributed by atoms with van der Waals surface area (Å²) in [5.41, 5.74) is 2.91. The van der Waals surface area contributed by atoms with E-state index in [-0.39, 0.29) is 11.3 Å². The van der Waals surface area contributed by atoms with Crippen molar-refractivity contribution >= 4 is 5.78 Å². The maximum Gasteiger partial charge on any atom is 0.151 e. The molecule has 3 nitrogen and oxygen atoms in total. The number of carbonyl (C=O) groups is 1. The predicted molar refractivity (Wildman–Crippen MR) is 109 cm³/mol. The molecule has 0 amide bonds. The van der Waals surface area contributed by atoms with Gasteiger partial charge in [-0.05, 0) is 111 Å². The summed E-state index contributed by atoms with van der Waals surface area (Å²) in [5.74, 6) is 13.6. The fraction of sp³-hybridized carbons (Fsp3) is 0.958. The molecule has 0 heterocycles. The number of hydrogen-bond acceptors (Lipinski definition) is 3. The highest BCUT2D eigenvalue weighted by atomic mass is 16.1. The van der Waals surface area contributed by atoms with Gasteiger partial charge in [0.1, 0.15) is 0 Å². The summed E-state index contributed by atoms with van der Waals surface area (Å²) >= 11 is 0. The van der Waals surface area contributed by atoms with Gasteiger partial charge in [-0.15, -0.1) is 0 Å². The zero-order valence-electron chi connectivity index (χ0n) is 17.5. The quantitative estimate of drug-likeness (QED) is 0.562. The Hall–Kier alpha value is -0.410. The molecule has 0 bridgehead atoms. The van der Waals surface area contributed by atoms with E-state index in [9.17, 15) is 4.79 Å². The van der Waals surface area contributed by atoms with Crippen LogP contribution in [-0.2, 0) is 4.79 Å². The van der Waals surface area contributed by atoms with Crippen molar-refractivity contribution in [1.82, 2.24) is 5.43 Å². The summed E-state index contributed by atoms with van der Waals surface area (Å²) in [7, 11) is 0. The first-order valence-corrected chi connectivity index (χ1v) is 12.0. The molecule has 0 aromatic carbocycles. The third-order valence-electron chi connectivity index (χ3n) is 10.2. The molecule has 3 heteroatoms. The molecule has 9 unspecified atom stereocenters. The minimum atomic E-state index is 0.247. The number of fused-ring (bicyclic) bond motifs is 5. The fourth-order valence-electron chi connectivity index (χ4n) is 9.00. The molecular formula is C24H40N2O. The van der Waals surface area contributed by atoms with Gasteiger partial charge in [0.2, 0.25) is 0 Å². The van der Waals surface area contributed by atoms with E-state index in [0.717, 1.165) is 47.3 Å². The first-order chi connectivity index (χ1) is 13.0. The van der Waals surface area contributed by atoms with E-state index in [0.29, 0.717) is 12.3 Å². The van der Waals surface area contributed by atoms with Crippen molar-refractivity contribution in [3.63, 3.8) is 0 Å². The largest absolute Gasteiger partial charge is 0.298 e. The molecule has 27 heavy (non-hydrogen) atoms. The van der Waals surface area contributed by atoms with Crippen LogP contribution in [0.15, 0.2) is 0 Å². The van der Waals surface area contributed by atoms with E-state index in [1.54, 1.807) is 0 Å². The first-order valence-electron chi connectivity index (χ1n) is 12.0. The summed E-state index contributed by atoms with van der Waals surface area (Å²) in [6.07, 6.45) is 14.1. The summed E-state index contributed by atoms with van der Waals surface area (Å²) in [5, 5.41) is 0. The Bertz CT molecular complexity index is 587.